The third-order valence-electron chi connectivity index (χ3n) is 7.10. The topological polar surface area (TPSA) is 76.1 Å². The quantitative estimate of drug-likeness (QED) is 0.255. The van der Waals surface area contributed by atoms with E-state index in [-0.39, 0.29) is 23.8 Å². The van der Waals surface area contributed by atoms with Crippen molar-refractivity contribution < 1.29 is 23.7 Å². The van der Waals surface area contributed by atoms with E-state index in [1.807, 2.05) is 18.2 Å². The van der Waals surface area contributed by atoms with Gasteiger partial charge in [0.25, 0.3) is 0 Å². The van der Waals surface area contributed by atoms with E-state index in [1.54, 1.807) is 0 Å². The SMILES string of the molecule is CP(=O)(O)CCC/C=C\C[C@@H]1C(OCc2ccc(-c3ccccc3)cc2)CC(=O)C1N1CCOCC1. The van der Waals surface area contributed by atoms with E-state index in [4.69, 9.17) is 9.47 Å². The van der Waals surface area contributed by atoms with Crippen LogP contribution in [0.15, 0.2) is 66.7 Å². The molecule has 2 aliphatic rings. The van der Waals surface area contributed by atoms with Gasteiger partial charge in [-0.15, -0.1) is 0 Å². The van der Waals surface area contributed by atoms with Gasteiger partial charge in [-0.1, -0.05) is 66.7 Å². The molecule has 1 saturated heterocycles. The molecule has 1 saturated carbocycles. The molecule has 0 bridgehead atoms. The molecule has 2 fully saturated rings. The van der Waals surface area contributed by atoms with E-state index in [0.717, 1.165) is 31.5 Å². The smallest absolute Gasteiger partial charge is 0.197 e. The zero-order valence-corrected chi connectivity index (χ0v) is 22.0. The predicted molar refractivity (Wildman–Crippen MR) is 143 cm³/mol. The molecule has 6 nitrogen and oxygen atoms in total. The molecule has 2 aromatic rings. The average Bonchev–Trinajstić information content (AvgIpc) is 3.20. The molecule has 4 rings (SSSR count). The highest BCUT2D eigenvalue weighted by Gasteiger charge is 2.45. The van der Waals surface area contributed by atoms with Crippen molar-refractivity contribution >= 4 is 13.2 Å². The molecule has 3 unspecified atom stereocenters. The molecule has 4 atom stereocenters. The van der Waals surface area contributed by atoms with Crippen molar-refractivity contribution in [3.8, 4) is 11.1 Å². The van der Waals surface area contributed by atoms with Crippen LogP contribution in [0.4, 0.5) is 0 Å². The van der Waals surface area contributed by atoms with Crippen LogP contribution >= 0.6 is 7.37 Å². The number of ketones is 1. The Balaban J connectivity index is 1.38. The van der Waals surface area contributed by atoms with E-state index in [2.05, 4.69) is 53.5 Å². The molecule has 0 amide bonds. The van der Waals surface area contributed by atoms with Gasteiger partial charge in [-0.25, -0.2) is 0 Å². The lowest BCUT2D eigenvalue weighted by Gasteiger charge is -2.35. The van der Waals surface area contributed by atoms with Gasteiger partial charge in [-0.05, 0) is 36.0 Å². The standard InChI is InChI=1S/C29H38NO5P/c1-36(32,33)20-8-3-2-7-11-26-28(21-27(31)29(26)30-16-18-34-19-17-30)35-22-23-12-14-25(15-13-23)24-9-5-4-6-10-24/h2,4-7,9-10,12-15,26,28-29H,3,8,11,16-22H2,1H3,(H,32,33)/b7-2-/t26-,28?,29?/m1/s1. The van der Waals surface area contributed by atoms with Crippen LogP contribution in [0.2, 0.25) is 0 Å². The average molecular weight is 512 g/mol. The maximum atomic E-state index is 13.1. The summed E-state index contributed by atoms with van der Waals surface area (Å²) >= 11 is 0. The van der Waals surface area contributed by atoms with Gasteiger partial charge in [-0.3, -0.25) is 14.3 Å². The Labute approximate surface area is 214 Å². The lowest BCUT2D eigenvalue weighted by molar-refractivity contribution is -0.124. The Kier molecular flexibility index (Phi) is 9.69. The monoisotopic (exact) mass is 511 g/mol. The molecule has 1 heterocycles. The van der Waals surface area contributed by atoms with Gasteiger partial charge in [0.15, 0.2) is 13.2 Å². The number of Topliss-reactive ketones (excluding diaryl/α,β-unsaturated/α-hetero) is 1. The van der Waals surface area contributed by atoms with Crippen LogP contribution in [-0.4, -0.2) is 66.9 Å². The number of unbranched alkanes of at least 4 members (excludes halogenated alkanes) is 1. The zero-order chi connectivity index (χ0) is 25.4. The summed E-state index contributed by atoms with van der Waals surface area (Å²) in [5, 5.41) is 0. The van der Waals surface area contributed by atoms with E-state index in [1.165, 1.54) is 17.8 Å². The summed E-state index contributed by atoms with van der Waals surface area (Å²) in [7, 11) is -2.96. The zero-order valence-electron chi connectivity index (χ0n) is 21.1. The van der Waals surface area contributed by atoms with Crippen LogP contribution in [-0.2, 0) is 25.4 Å². The minimum Gasteiger partial charge on any atom is -0.379 e. The number of hydrogen-bond donors (Lipinski definition) is 1. The Bertz CT molecular complexity index is 1040. The Morgan fingerprint density at radius 3 is 2.44 bits per heavy atom. The first-order valence-electron chi connectivity index (χ1n) is 13.0. The van der Waals surface area contributed by atoms with Crippen LogP contribution in [0.3, 0.4) is 0 Å². The fraction of sp³-hybridized carbons (Fsp3) is 0.483. The molecule has 0 radical (unpaired) electrons. The number of carbonyl (C=O) groups excluding carboxylic acids is 1. The highest BCUT2D eigenvalue weighted by atomic mass is 31.2. The van der Waals surface area contributed by atoms with Gasteiger partial charge in [0.05, 0.1) is 32.0 Å². The largest absolute Gasteiger partial charge is 0.379 e. The molecule has 194 valence electrons. The van der Waals surface area contributed by atoms with Crippen LogP contribution in [0.1, 0.15) is 31.2 Å². The number of rotatable bonds is 11. The summed E-state index contributed by atoms with van der Waals surface area (Å²) in [5.74, 6) is 0.345. The van der Waals surface area contributed by atoms with Gasteiger partial charge in [0, 0.05) is 38.3 Å². The van der Waals surface area contributed by atoms with Gasteiger partial charge < -0.3 is 14.4 Å². The normalized spacial score (nSPS) is 24.8. The van der Waals surface area contributed by atoms with Crippen molar-refractivity contribution in [3.63, 3.8) is 0 Å². The fourth-order valence-electron chi connectivity index (χ4n) is 5.21. The lowest BCUT2D eigenvalue weighted by atomic mass is 9.95. The van der Waals surface area contributed by atoms with Crippen molar-refractivity contribution in [1.82, 2.24) is 4.90 Å². The van der Waals surface area contributed by atoms with Crippen molar-refractivity contribution in [1.29, 1.82) is 0 Å². The summed E-state index contributed by atoms with van der Waals surface area (Å²) < 4.78 is 23.4. The van der Waals surface area contributed by atoms with E-state index >= 15 is 0 Å². The number of nitrogens with zero attached hydrogens (tertiary/aromatic N) is 1. The van der Waals surface area contributed by atoms with E-state index in [9.17, 15) is 14.3 Å². The summed E-state index contributed by atoms with van der Waals surface area (Å²) in [5.41, 5.74) is 3.46. The predicted octanol–water partition coefficient (Wildman–Crippen LogP) is 5.16. The third kappa shape index (κ3) is 7.71. The first-order chi connectivity index (χ1) is 17.4. The number of benzene rings is 2. The van der Waals surface area contributed by atoms with Crippen molar-refractivity contribution in [2.45, 2.75) is 44.4 Å². The number of ether oxygens (including phenoxy) is 2. The van der Waals surface area contributed by atoms with Crippen LogP contribution in [0.5, 0.6) is 0 Å². The van der Waals surface area contributed by atoms with E-state index < -0.39 is 7.37 Å². The molecule has 0 aromatic heterocycles. The molecule has 2 aromatic carbocycles. The van der Waals surface area contributed by atoms with Crippen LogP contribution < -0.4 is 0 Å². The first kappa shape index (κ1) is 27.0. The maximum Gasteiger partial charge on any atom is 0.197 e. The third-order valence-corrected chi connectivity index (χ3v) is 8.24. The second-order valence-corrected chi connectivity index (χ2v) is 12.5. The molecule has 1 N–H and O–H groups in total. The summed E-state index contributed by atoms with van der Waals surface area (Å²) in [6, 6.07) is 18.6. The second-order valence-electron chi connectivity index (χ2n) is 9.96. The van der Waals surface area contributed by atoms with Crippen molar-refractivity contribution in [3.05, 3.63) is 72.3 Å². The molecule has 7 heteroatoms. The molecular weight excluding hydrogens is 473 g/mol. The Morgan fingerprint density at radius 2 is 1.75 bits per heavy atom. The second kappa shape index (κ2) is 12.9. The fourth-order valence-corrected chi connectivity index (χ4v) is 5.98. The van der Waals surface area contributed by atoms with Crippen molar-refractivity contribution in [2.24, 2.45) is 5.92 Å². The van der Waals surface area contributed by atoms with Gasteiger partial charge in [0.1, 0.15) is 0 Å². The van der Waals surface area contributed by atoms with Crippen molar-refractivity contribution in [2.75, 3.05) is 39.1 Å². The number of morpholine rings is 1. The summed E-state index contributed by atoms with van der Waals surface area (Å²) in [6.45, 7) is 4.74. The molecule has 36 heavy (non-hydrogen) atoms. The molecular formula is C29H38NO5P. The molecule has 0 spiro atoms. The summed E-state index contributed by atoms with van der Waals surface area (Å²) in [6.07, 6.45) is 7.06. The first-order valence-corrected chi connectivity index (χ1v) is 15.2. The molecule has 1 aliphatic carbocycles. The van der Waals surface area contributed by atoms with Crippen LogP contribution in [0.25, 0.3) is 11.1 Å². The highest BCUT2D eigenvalue weighted by molar-refractivity contribution is 7.57. The Hall–Kier alpha value is -2.08. The number of hydrogen-bond acceptors (Lipinski definition) is 5. The van der Waals surface area contributed by atoms with Gasteiger partial charge in [0.2, 0.25) is 0 Å². The minimum absolute atomic E-state index is 0.0885. The maximum absolute atomic E-state index is 13.1. The van der Waals surface area contributed by atoms with E-state index in [0.29, 0.717) is 38.8 Å². The lowest BCUT2D eigenvalue weighted by Crippen LogP contribution is -2.49. The van der Waals surface area contributed by atoms with Gasteiger partial charge in [-0.2, -0.15) is 0 Å². The van der Waals surface area contributed by atoms with Gasteiger partial charge >= 0.3 is 0 Å². The highest BCUT2D eigenvalue weighted by Crippen LogP contribution is 2.36. The number of carbonyl (C=O) groups is 1. The number of allylic oxidation sites excluding steroid dienone is 2. The molecule has 1 aliphatic heterocycles. The minimum atomic E-state index is -2.96. The van der Waals surface area contributed by atoms with Crippen LogP contribution in [0, 0.1) is 5.92 Å². The Morgan fingerprint density at radius 1 is 1.06 bits per heavy atom. The summed E-state index contributed by atoms with van der Waals surface area (Å²) in [4.78, 5) is 24.9.